The predicted molar refractivity (Wildman–Crippen MR) is 79.3 cm³/mol. The predicted octanol–water partition coefficient (Wildman–Crippen LogP) is 2.38. The van der Waals surface area contributed by atoms with Gasteiger partial charge >= 0.3 is 0 Å². The van der Waals surface area contributed by atoms with Crippen LogP contribution in [0.4, 0.5) is 0 Å². The highest BCUT2D eigenvalue weighted by Crippen LogP contribution is 2.23. The summed E-state index contributed by atoms with van der Waals surface area (Å²) in [5.41, 5.74) is 1.23. The molecule has 1 aliphatic heterocycles. The monoisotopic (exact) mass is 264 g/mol. The molecule has 1 aromatic rings. The Morgan fingerprint density at radius 1 is 1.32 bits per heavy atom. The summed E-state index contributed by atoms with van der Waals surface area (Å²) < 4.78 is 2.32. The summed E-state index contributed by atoms with van der Waals surface area (Å²) in [6.45, 7) is 10.3. The number of rotatable bonds is 5. The molecule has 0 aromatic carbocycles. The van der Waals surface area contributed by atoms with Crippen LogP contribution in [-0.2, 0) is 5.54 Å². The quantitative estimate of drug-likeness (QED) is 0.886. The Morgan fingerprint density at radius 3 is 2.63 bits per heavy atom. The van der Waals surface area contributed by atoms with Gasteiger partial charge in [0.25, 0.3) is 0 Å². The van der Waals surface area contributed by atoms with Crippen LogP contribution in [0, 0.1) is 0 Å². The Bertz CT molecular complexity index is 391. The third-order valence-electron chi connectivity index (χ3n) is 4.38. The highest BCUT2D eigenvalue weighted by atomic mass is 15.2. The Balaban J connectivity index is 2.06. The minimum absolute atomic E-state index is 0.0351. The Morgan fingerprint density at radius 2 is 2.00 bits per heavy atom. The van der Waals surface area contributed by atoms with Gasteiger partial charge in [-0.3, -0.25) is 0 Å². The van der Waals surface area contributed by atoms with E-state index in [1.54, 1.807) is 0 Å². The lowest BCUT2D eigenvalue weighted by atomic mass is 10.0. The van der Waals surface area contributed by atoms with Gasteiger partial charge in [0.2, 0.25) is 0 Å². The van der Waals surface area contributed by atoms with Gasteiger partial charge < -0.3 is 14.8 Å². The molecule has 1 unspecified atom stereocenters. The fraction of sp³-hybridized carbons (Fsp3) is 0.800. The van der Waals surface area contributed by atoms with E-state index in [0.29, 0.717) is 6.04 Å². The highest BCUT2D eigenvalue weighted by molar-refractivity contribution is 5.12. The van der Waals surface area contributed by atoms with E-state index >= 15 is 0 Å². The zero-order valence-corrected chi connectivity index (χ0v) is 12.8. The Hall–Kier alpha value is -0.870. The minimum Gasteiger partial charge on any atom is -0.329 e. The van der Waals surface area contributed by atoms with E-state index in [0.717, 1.165) is 6.54 Å². The molecule has 2 rings (SSSR count). The molecule has 1 atom stereocenters. The van der Waals surface area contributed by atoms with E-state index in [4.69, 9.17) is 0 Å². The van der Waals surface area contributed by atoms with Gasteiger partial charge in [0.05, 0.1) is 23.8 Å². The molecular weight excluding hydrogens is 236 g/mol. The highest BCUT2D eigenvalue weighted by Gasteiger charge is 2.25. The van der Waals surface area contributed by atoms with Crippen molar-refractivity contribution in [2.24, 2.45) is 0 Å². The molecule has 19 heavy (non-hydrogen) atoms. The molecule has 1 N–H and O–H groups in total. The molecule has 0 saturated carbocycles. The molecule has 1 aliphatic rings. The maximum atomic E-state index is 4.35. The van der Waals surface area contributed by atoms with E-state index in [-0.39, 0.29) is 5.54 Å². The molecule has 4 nitrogen and oxygen atoms in total. The zero-order valence-electron chi connectivity index (χ0n) is 12.8. The fourth-order valence-corrected chi connectivity index (χ4v) is 2.87. The van der Waals surface area contributed by atoms with Gasteiger partial charge in [-0.25, -0.2) is 4.98 Å². The van der Waals surface area contributed by atoms with Crippen molar-refractivity contribution in [2.45, 2.75) is 51.6 Å². The topological polar surface area (TPSA) is 33.1 Å². The summed E-state index contributed by atoms with van der Waals surface area (Å²) in [7, 11) is 2.01. The molecule has 1 fully saturated rings. The average molecular weight is 264 g/mol. The van der Waals surface area contributed by atoms with Crippen LogP contribution in [0.3, 0.4) is 0 Å². The second-order valence-corrected chi connectivity index (χ2v) is 6.27. The van der Waals surface area contributed by atoms with Crippen molar-refractivity contribution in [2.75, 3.05) is 26.7 Å². The maximum Gasteiger partial charge on any atom is 0.0951 e. The number of aromatic nitrogens is 2. The van der Waals surface area contributed by atoms with Crippen LogP contribution in [0.25, 0.3) is 0 Å². The Labute approximate surface area is 117 Å². The summed E-state index contributed by atoms with van der Waals surface area (Å²) in [5.74, 6) is 0. The van der Waals surface area contributed by atoms with E-state index < -0.39 is 0 Å². The van der Waals surface area contributed by atoms with Crippen molar-refractivity contribution in [3.63, 3.8) is 0 Å². The molecule has 2 heterocycles. The van der Waals surface area contributed by atoms with Gasteiger partial charge in [0, 0.05) is 12.6 Å². The van der Waals surface area contributed by atoms with Gasteiger partial charge in [0.1, 0.15) is 0 Å². The molecule has 0 spiro atoms. The van der Waals surface area contributed by atoms with Crippen LogP contribution >= 0.6 is 0 Å². The molecule has 0 bridgehead atoms. The Kier molecular flexibility index (Phi) is 4.63. The van der Waals surface area contributed by atoms with E-state index in [9.17, 15) is 0 Å². The van der Waals surface area contributed by atoms with Gasteiger partial charge in [0.15, 0.2) is 0 Å². The second-order valence-electron chi connectivity index (χ2n) is 6.27. The van der Waals surface area contributed by atoms with Crippen LogP contribution in [0.2, 0.25) is 0 Å². The first-order valence-corrected chi connectivity index (χ1v) is 7.48. The number of piperidine rings is 1. The van der Waals surface area contributed by atoms with Crippen LogP contribution < -0.4 is 5.32 Å². The van der Waals surface area contributed by atoms with Crippen LogP contribution in [-0.4, -0.2) is 41.1 Å². The van der Waals surface area contributed by atoms with Crippen LogP contribution in [0.5, 0.6) is 0 Å². The van der Waals surface area contributed by atoms with Crippen LogP contribution in [0.15, 0.2) is 12.5 Å². The van der Waals surface area contributed by atoms with Crippen molar-refractivity contribution in [3.05, 3.63) is 18.2 Å². The van der Waals surface area contributed by atoms with Crippen molar-refractivity contribution in [3.8, 4) is 0 Å². The van der Waals surface area contributed by atoms with Crippen molar-refractivity contribution in [1.82, 2.24) is 19.8 Å². The lowest BCUT2D eigenvalue weighted by Gasteiger charge is -2.32. The largest absolute Gasteiger partial charge is 0.329 e. The summed E-state index contributed by atoms with van der Waals surface area (Å²) in [6, 6.07) is 0.475. The number of imidazole rings is 1. The van der Waals surface area contributed by atoms with E-state index in [1.165, 1.54) is 38.0 Å². The zero-order chi connectivity index (χ0) is 13.9. The van der Waals surface area contributed by atoms with Gasteiger partial charge in [-0.15, -0.1) is 0 Å². The summed E-state index contributed by atoms with van der Waals surface area (Å²) >= 11 is 0. The molecule has 1 aromatic heterocycles. The standard InChI is InChI=1S/C15H28N4/c1-13(11-18-8-6-5-7-9-18)19-12-17-10-14(19)15(2,3)16-4/h10,12-13,16H,5-9,11H2,1-4H3. The molecule has 0 aliphatic carbocycles. The van der Waals surface area contributed by atoms with Crippen LogP contribution in [0.1, 0.15) is 51.8 Å². The number of likely N-dealkylation sites (tertiary alicyclic amines) is 1. The maximum absolute atomic E-state index is 4.35. The molecular formula is C15H28N4. The van der Waals surface area contributed by atoms with Crippen molar-refractivity contribution in [1.29, 1.82) is 0 Å². The fourth-order valence-electron chi connectivity index (χ4n) is 2.87. The molecule has 1 saturated heterocycles. The first kappa shape index (κ1) is 14.5. The smallest absolute Gasteiger partial charge is 0.0951 e. The SMILES string of the molecule is CNC(C)(C)c1cncn1C(C)CN1CCCCC1. The van der Waals surface area contributed by atoms with Crippen molar-refractivity contribution >= 4 is 0 Å². The first-order chi connectivity index (χ1) is 9.04. The third-order valence-corrected chi connectivity index (χ3v) is 4.38. The lowest BCUT2D eigenvalue weighted by Crippen LogP contribution is -2.38. The molecule has 4 heteroatoms. The number of hydrogen-bond acceptors (Lipinski definition) is 3. The minimum atomic E-state index is -0.0351. The van der Waals surface area contributed by atoms with Gasteiger partial charge in [-0.1, -0.05) is 6.42 Å². The normalized spacial score (nSPS) is 19.6. The first-order valence-electron chi connectivity index (χ1n) is 7.48. The number of nitrogens with zero attached hydrogens (tertiary/aromatic N) is 3. The molecule has 108 valence electrons. The summed E-state index contributed by atoms with van der Waals surface area (Å²) in [4.78, 5) is 6.94. The molecule has 0 amide bonds. The summed E-state index contributed by atoms with van der Waals surface area (Å²) in [5, 5.41) is 3.37. The number of nitrogens with one attached hydrogen (secondary N) is 1. The third kappa shape index (κ3) is 3.37. The second kappa shape index (κ2) is 6.06. The molecule has 0 radical (unpaired) electrons. The average Bonchev–Trinajstić information content (AvgIpc) is 2.90. The number of hydrogen-bond donors (Lipinski definition) is 1. The van der Waals surface area contributed by atoms with Gasteiger partial charge in [-0.05, 0) is 53.8 Å². The summed E-state index contributed by atoms with van der Waals surface area (Å²) in [6.07, 6.45) is 8.07. The lowest BCUT2D eigenvalue weighted by molar-refractivity contribution is 0.198. The van der Waals surface area contributed by atoms with E-state index in [2.05, 4.69) is 40.5 Å². The van der Waals surface area contributed by atoms with Crippen molar-refractivity contribution < 1.29 is 0 Å². The van der Waals surface area contributed by atoms with Gasteiger partial charge in [-0.2, -0.15) is 0 Å². The van der Waals surface area contributed by atoms with E-state index in [1.807, 2.05) is 19.6 Å².